The highest BCUT2D eigenvalue weighted by Crippen LogP contribution is 2.38. The zero-order chi connectivity index (χ0) is 94.7. The van der Waals surface area contributed by atoms with Crippen LogP contribution < -0.4 is 64.3 Å². The van der Waals surface area contributed by atoms with Gasteiger partial charge in [0.25, 0.3) is 34.7 Å². The van der Waals surface area contributed by atoms with Crippen molar-refractivity contribution in [1.29, 1.82) is 0 Å². The van der Waals surface area contributed by atoms with Gasteiger partial charge in [-0.2, -0.15) is 10.2 Å². The van der Waals surface area contributed by atoms with Crippen molar-refractivity contribution in [2.45, 2.75) is 126 Å². The summed E-state index contributed by atoms with van der Waals surface area (Å²) < 4.78 is 62.4. The van der Waals surface area contributed by atoms with E-state index in [2.05, 4.69) is 138 Å². The van der Waals surface area contributed by atoms with Crippen LogP contribution in [0.1, 0.15) is 119 Å². The van der Waals surface area contributed by atoms with Crippen molar-refractivity contribution in [1.82, 2.24) is 118 Å². The minimum Gasteiger partial charge on any atom is -0.391 e. The van der Waals surface area contributed by atoms with E-state index in [0.29, 0.717) is 57.8 Å². The smallest absolute Gasteiger partial charge is 0.280 e. The number of carbonyl (C=O) groups excluding carboxylic acids is 4. The Morgan fingerprint density at radius 2 is 0.846 bits per heavy atom. The second-order valence-electron chi connectivity index (χ2n) is 33.2. The van der Waals surface area contributed by atoms with Crippen LogP contribution in [0.2, 0.25) is 0 Å². The minimum atomic E-state index is -0.732. The number of aliphatic hydroxyl groups is 2. The van der Waals surface area contributed by atoms with E-state index in [9.17, 15) is 47.8 Å². The lowest BCUT2D eigenvalue weighted by molar-refractivity contribution is 0.00717. The fourth-order valence-corrected chi connectivity index (χ4v) is 16.9. The fraction of sp³-hybridized carbons (Fsp3) is 0.326. The number of fused-ring (bicyclic) bond motifs is 6. The molecule has 0 radical (unpaired) electrons. The van der Waals surface area contributed by atoms with Crippen LogP contribution in [-0.2, 0) is 18.9 Å². The highest BCUT2D eigenvalue weighted by molar-refractivity contribution is 5.99. The minimum absolute atomic E-state index is 0.0135. The van der Waals surface area contributed by atoms with E-state index in [1.165, 1.54) is 87.4 Å². The molecule has 8 atom stereocenters. The molecule has 4 amide bonds. The summed E-state index contributed by atoms with van der Waals surface area (Å²) in [6.45, 7) is 6.16. The third-order valence-electron chi connectivity index (χ3n) is 24.7. The van der Waals surface area contributed by atoms with Gasteiger partial charge in [-0.3, -0.25) is 37.9 Å². The SMILES string of the molecule is CNc1cc(-c2cn(C(C)C)c3ncccc23)nn2c(C(=O)N[C@H]3COC[C@H]3O)cnc12.CNc1cc(-c2cn(C3CCOCC3)c3ncccc23)nn2c(C(=O)NC3CC[C@H]3O)cnc12.CNc1cc(Nc2cccn(-c3ncccc3F)c2=O)nn2c(C(=O)N[C@@H]3CC[C@H]3OC)cnc12.CNc1cc(Nc2cccn(-c3ncccc3F)c2=O)nn2c(C(=O)N[C@H]3CC[C@@H]3OC)cnc12. The molecule has 42 nitrogen and oxygen atoms in total. The summed E-state index contributed by atoms with van der Waals surface area (Å²) in [5.41, 5.74) is 10.1. The zero-order valence-corrected chi connectivity index (χ0v) is 75.1. The quantitative estimate of drug-likeness (QED) is 0.0270. The maximum atomic E-state index is 14.2. The second kappa shape index (κ2) is 39.3. The van der Waals surface area contributed by atoms with Gasteiger partial charge in [-0.1, -0.05) is 0 Å². The van der Waals surface area contributed by atoms with Crippen LogP contribution in [0, 0.1) is 11.6 Å². The van der Waals surface area contributed by atoms with Crippen LogP contribution >= 0.6 is 0 Å². The molecule has 2 aliphatic heterocycles. The van der Waals surface area contributed by atoms with Gasteiger partial charge >= 0.3 is 0 Å². The maximum Gasteiger partial charge on any atom is 0.280 e. The van der Waals surface area contributed by atoms with Crippen molar-refractivity contribution in [3.05, 3.63) is 227 Å². The van der Waals surface area contributed by atoms with Crippen LogP contribution in [-0.4, -0.2) is 248 Å². The van der Waals surface area contributed by atoms with E-state index >= 15 is 0 Å². The van der Waals surface area contributed by atoms with Crippen LogP contribution in [0.5, 0.6) is 0 Å². The van der Waals surface area contributed by atoms with Crippen molar-refractivity contribution in [3.8, 4) is 34.2 Å². The standard InChI is InChI=1S/C24H27N7O3.2C23H23FN8O3.C22H25N7O3/c1-25-19-11-18(29-31-20(12-27-23(19)31)24(33)28-17-4-5-21(17)32)16-13-30(14-6-9-34-10-7-14)22-15(16)3-2-8-26-22;2*1-25-16-11-19(28-15-6-4-10-31(23(15)34)20-13(24)5-3-9-26-20)30-32-17(12-27-21(16)32)22(33)29-14-7-8-18(14)35-2;1-12(2)28-9-14(13-5-4-6-24-20(13)28)15-7-16(23-3)21-25-8-18(29(21)27-15)22(31)26-17-10-32-11-19(17)30/h2-3,8,11-14,17,21,25,32H,4-7,9-10H2,1H3,(H,28,33);2*3-6,9-12,14,18,25H,7-8H2,1-2H3,(H,28,30)(H,29,33);4-9,12,17,19,23,30H,10-11H2,1-3H3,(H,26,31)/t17?,21-;2*14-,18-;17-,19+/m1100/s1. The molecule has 3 saturated carbocycles. The second-order valence-corrected chi connectivity index (χ2v) is 33.2. The predicted molar refractivity (Wildman–Crippen MR) is 500 cm³/mol. The Hall–Kier alpha value is -15.6. The Morgan fingerprint density at radius 3 is 1.25 bits per heavy atom. The van der Waals surface area contributed by atoms with Gasteiger partial charge < -0.3 is 91.5 Å². The Morgan fingerprint density at radius 1 is 0.434 bits per heavy atom. The van der Waals surface area contributed by atoms with Crippen molar-refractivity contribution in [3.63, 3.8) is 0 Å². The number of methoxy groups -OCH3 is 2. The highest BCUT2D eigenvalue weighted by Gasteiger charge is 2.37. The van der Waals surface area contributed by atoms with Crippen LogP contribution in [0.3, 0.4) is 0 Å². The van der Waals surface area contributed by atoms with Gasteiger partial charge in [0, 0.05) is 151 Å². The number of rotatable bonds is 24. The molecule has 16 aromatic rings. The van der Waals surface area contributed by atoms with E-state index in [0.717, 1.165) is 118 Å². The molecule has 1 unspecified atom stereocenters. The maximum absolute atomic E-state index is 14.2. The molecule has 3 aliphatic carbocycles. The molecule has 702 valence electrons. The number of hydrogen-bond donors (Lipinski definition) is 12. The van der Waals surface area contributed by atoms with Crippen molar-refractivity contribution >= 4 is 114 Å². The molecule has 0 bridgehead atoms. The number of ether oxygens (including phenoxy) is 4. The van der Waals surface area contributed by atoms with Gasteiger partial charge in [0.1, 0.15) is 22.7 Å². The molecule has 2 saturated heterocycles. The lowest BCUT2D eigenvalue weighted by Crippen LogP contribution is -2.51. The van der Waals surface area contributed by atoms with Crippen molar-refractivity contribution in [2.24, 2.45) is 0 Å². The summed E-state index contributed by atoms with van der Waals surface area (Å²) in [5.74, 6) is -2.24. The number of halogens is 2. The van der Waals surface area contributed by atoms with Gasteiger partial charge in [-0.25, -0.2) is 66.7 Å². The number of carbonyl (C=O) groups is 4. The number of nitrogens with zero attached hydrogens (tertiary/aromatic N) is 20. The Labute approximate surface area is 772 Å². The van der Waals surface area contributed by atoms with Gasteiger partial charge in [0.2, 0.25) is 0 Å². The van der Waals surface area contributed by atoms with Crippen molar-refractivity contribution < 1.29 is 57.1 Å². The fourth-order valence-electron chi connectivity index (χ4n) is 16.9. The topological polar surface area (TPSA) is 492 Å². The summed E-state index contributed by atoms with van der Waals surface area (Å²) in [6, 6.07) is 26.4. The monoisotopic (exact) mass is 1850 g/mol. The molecule has 5 aliphatic rings. The number of imidazole rings is 4. The number of aliphatic hydroxyl groups excluding tert-OH is 2. The number of amides is 4. The molecule has 136 heavy (non-hydrogen) atoms. The van der Waals surface area contributed by atoms with Gasteiger partial charge in [-0.15, -0.1) is 10.2 Å². The summed E-state index contributed by atoms with van der Waals surface area (Å²) in [7, 11) is 10.3. The third-order valence-corrected chi connectivity index (χ3v) is 24.7. The number of nitrogens with one attached hydrogen (secondary N) is 10. The van der Waals surface area contributed by atoms with Crippen LogP contribution in [0.15, 0.2) is 181 Å². The van der Waals surface area contributed by atoms with E-state index < -0.39 is 41.0 Å². The first-order chi connectivity index (χ1) is 66.1. The molecule has 44 heteroatoms. The summed E-state index contributed by atoms with van der Waals surface area (Å²) >= 11 is 0. The first kappa shape index (κ1) is 90.9. The first-order valence-corrected chi connectivity index (χ1v) is 44.3. The molecule has 0 aromatic carbocycles. The summed E-state index contributed by atoms with van der Waals surface area (Å²) in [5, 5.41) is 70.4. The average molecular weight is 1850 g/mol. The van der Waals surface area contributed by atoms with Gasteiger partial charge in [0.15, 0.2) is 80.3 Å². The molecule has 16 aromatic heterocycles. The average Bonchev–Trinajstić information content (AvgIpc) is 1.60. The number of aromatic nitrogens is 20. The molecular weight excluding hydrogens is 1760 g/mol. The Balaban J connectivity index is 0.000000121. The van der Waals surface area contributed by atoms with Gasteiger partial charge in [-0.05, 0) is 150 Å². The third kappa shape index (κ3) is 18.0. The summed E-state index contributed by atoms with van der Waals surface area (Å²) in [6.07, 6.45) is 24.9. The van der Waals surface area contributed by atoms with E-state index in [1.54, 1.807) is 82.5 Å². The molecule has 0 spiro atoms. The number of pyridine rings is 6. The first-order valence-electron chi connectivity index (χ1n) is 44.3. The lowest BCUT2D eigenvalue weighted by atomic mass is 9.89. The van der Waals surface area contributed by atoms with E-state index in [-0.39, 0.29) is 125 Å². The zero-order valence-electron chi connectivity index (χ0n) is 75.1. The molecule has 21 rings (SSSR count). The molecule has 18 heterocycles. The number of anilines is 8. The Kier molecular flexibility index (Phi) is 26.2. The highest BCUT2D eigenvalue weighted by atomic mass is 19.1. The molecule has 12 N–H and O–H groups in total. The van der Waals surface area contributed by atoms with E-state index in [4.69, 9.17) is 29.1 Å². The molecule has 5 fully saturated rings. The van der Waals surface area contributed by atoms with Crippen LogP contribution in [0.25, 0.3) is 78.8 Å². The Bertz CT molecular complexity index is 7100. The normalized spacial score (nSPS) is 18.4. The van der Waals surface area contributed by atoms with Crippen LogP contribution in [0.4, 0.5) is 54.5 Å². The van der Waals surface area contributed by atoms with Crippen molar-refractivity contribution in [2.75, 3.05) is 101 Å². The van der Waals surface area contributed by atoms with E-state index in [1.807, 2.05) is 49.8 Å². The summed E-state index contributed by atoms with van der Waals surface area (Å²) in [4.78, 5) is 113. The largest absolute Gasteiger partial charge is 0.391 e. The predicted octanol–water partition coefficient (Wildman–Crippen LogP) is 8.46. The lowest BCUT2D eigenvalue weighted by Gasteiger charge is -2.35. The van der Waals surface area contributed by atoms with Gasteiger partial charge in [0.05, 0.1) is 121 Å². The molecular formula is C92H98F2N30O12. The number of hydrogen-bond acceptors (Lipinski definition) is 30.